The van der Waals surface area contributed by atoms with Gasteiger partial charge in [0.2, 0.25) is 5.95 Å². The van der Waals surface area contributed by atoms with Crippen LogP contribution in [0.15, 0.2) is 47.5 Å². The summed E-state index contributed by atoms with van der Waals surface area (Å²) in [6.07, 6.45) is 5.53. The number of sulfone groups is 1. The number of piperidine rings is 1. The van der Waals surface area contributed by atoms with E-state index < -0.39 is 9.84 Å². The minimum atomic E-state index is -3.20. The zero-order chi connectivity index (χ0) is 18.3. The van der Waals surface area contributed by atoms with Crippen LogP contribution in [0.4, 0.5) is 5.95 Å². The average molecular weight is 370 g/mol. The number of aromatic nitrogens is 3. The van der Waals surface area contributed by atoms with Crippen LogP contribution < -0.4 is 4.90 Å². The van der Waals surface area contributed by atoms with Crippen LogP contribution in [0.3, 0.4) is 0 Å². The third-order valence-electron chi connectivity index (χ3n) is 4.88. The van der Waals surface area contributed by atoms with Gasteiger partial charge < -0.3 is 4.90 Å². The molecule has 3 aromatic rings. The molecule has 0 N–H and O–H groups in total. The van der Waals surface area contributed by atoms with E-state index in [0.717, 1.165) is 42.2 Å². The highest BCUT2D eigenvalue weighted by Gasteiger charge is 2.21. The molecule has 7 heteroatoms. The number of hydrogen-bond acceptors (Lipinski definition) is 5. The first kappa shape index (κ1) is 17.0. The van der Waals surface area contributed by atoms with Crippen LogP contribution in [0.5, 0.6) is 0 Å². The molecule has 0 saturated carbocycles. The second kappa shape index (κ2) is 6.39. The van der Waals surface area contributed by atoms with Gasteiger partial charge in [-0.05, 0) is 48.6 Å². The Morgan fingerprint density at radius 3 is 2.62 bits per heavy atom. The molecule has 0 radical (unpaired) electrons. The highest BCUT2D eigenvalue weighted by Crippen LogP contribution is 2.27. The number of rotatable bonds is 3. The lowest BCUT2D eigenvalue weighted by Gasteiger charge is -2.29. The van der Waals surface area contributed by atoms with Crippen LogP contribution in [0.1, 0.15) is 19.8 Å². The summed E-state index contributed by atoms with van der Waals surface area (Å²) in [6.45, 7) is 4.23. The van der Waals surface area contributed by atoms with Gasteiger partial charge in [0.15, 0.2) is 15.5 Å². The number of anilines is 1. The van der Waals surface area contributed by atoms with Crippen molar-refractivity contribution in [1.29, 1.82) is 0 Å². The molecular weight excluding hydrogens is 348 g/mol. The maximum absolute atomic E-state index is 11.7. The molecule has 2 aromatic heterocycles. The van der Waals surface area contributed by atoms with Crippen LogP contribution in [-0.4, -0.2) is 42.4 Å². The van der Waals surface area contributed by atoms with Gasteiger partial charge in [0.1, 0.15) is 0 Å². The van der Waals surface area contributed by atoms with E-state index in [9.17, 15) is 8.42 Å². The fourth-order valence-corrected chi connectivity index (χ4v) is 4.14. The molecule has 4 rings (SSSR count). The maximum Gasteiger partial charge on any atom is 0.245 e. The van der Waals surface area contributed by atoms with Crippen LogP contribution in [-0.2, 0) is 9.84 Å². The van der Waals surface area contributed by atoms with Crippen molar-refractivity contribution in [3.05, 3.63) is 42.6 Å². The summed E-state index contributed by atoms with van der Waals surface area (Å²) < 4.78 is 25.1. The number of nitrogens with zero attached hydrogens (tertiary/aromatic N) is 4. The Bertz CT molecular complexity index is 1040. The topological polar surface area (TPSA) is 67.6 Å². The largest absolute Gasteiger partial charge is 0.339 e. The van der Waals surface area contributed by atoms with Crippen molar-refractivity contribution in [1.82, 2.24) is 14.6 Å². The maximum atomic E-state index is 11.7. The lowest BCUT2D eigenvalue weighted by Crippen LogP contribution is -2.35. The van der Waals surface area contributed by atoms with Crippen molar-refractivity contribution in [2.75, 3.05) is 24.2 Å². The van der Waals surface area contributed by atoms with E-state index in [1.54, 1.807) is 16.6 Å². The van der Waals surface area contributed by atoms with Crippen LogP contribution in [0.2, 0.25) is 0 Å². The van der Waals surface area contributed by atoms with E-state index in [4.69, 9.17) is 4.98 Å². The Morgan fingerprint density at radius 2 is 1.92 bits per heavy atom. The lowest BCUT2D eigenvalue weighted by atomic mass is 10.0. The molecule has 6 nitrogen and oxygen atoms in total. The fraction of sp³-hybridized carbons (Fsp3) is 0.368. The molecule has 0 spiro atoms. The molecule has 136 valence electrons. The molecule has 0 bridgehead atoms. The van der Waals surface area contributed by atoms with Gasteiger partial charge in [-0.25, -0.2) is 12.9 Å². The fourth-order valence-electron chi connectivity index (χ4n) is 3.51. The lowest BCUT2D eigenvalue weighted by molar-refractivity contribution is 0.442. The summed E-state index contributed by atoms with van der Waals surface area (Å²) in [7, 11) is -3.20. The first-order chi connectivity index (χ1) is 12.4. The molecule has 3 heterocycles. The highest BCUT2D eigenvalue weighted by atomic mass is 32.2. The smallest absolute Gasteiger partial charge is 0.245 e. The minimum Gasteiger partial charge on any atom is -0.339 e. The second-order valence-corrected chi connectivity index (χ2v) is 9.11. The summed E-state index contributed by atoms with van der Waals surface area (Å²) in [5.74, 6) is 1.41. The van der Waals surface area contributed by atoms with Crippen molar-refractivity contribution < 1.29 is 8.42 Å². The molecule has 0 aliphatic carbocycles. The van der Waals surface area contributed by atoms with Gasteiger partial charge in [-0.1, -0.05) is 19.1 Å². The zero-order valence-corrected chi connectivity index (χ0v) is 15.8. The van der Waals surface area contributed by atoms with Crippen molar-refractivity contribution in [3.63, 3.8) is 0 Å². The monoisotopic (exact) mass is 370 g/mol. The standard InChI is InChI=1S/C19H22N4O2S/c1-14-5-3-11-22(13-14)19-20-18-17(6-4-12-23(18)21-19)15-7-9-16(10-8-15)26(2,24)25/h4,6-10,12,14H,3,5,11,13H2,1-2H3. The first-order valence-corrected chi connectivity index (χ1v) is 10.7. The molecule has 1 atom stereocenters. The second-order valence-electron chi connectivity index (χ2n) is 7.09. The van der Waals surface area contributed by atoms with Gasteiger partial charge >= 0.3 is 0 Å². The summed E-state index contributed by atoms with van der Waals surface area (Å²) in [5, 5.41) is 4.65. The Kier molecular flexibility index (Phi) is 4.19. The highest BCUT2D eigenvalue weighted by molar-refractivity contribution is 7.90. The average Bonchev–Trinajstić information content (AvgIpc) is 3.05. The van der Waals surface area contributed by atoms with Crippen molar-refractivity contribution in [3.8, 4) is 11.1 Å². The van der Waals surface area contributed by atoms with E-state index in [1.807, 2.05) is 30.5 Å². The van der Waals surface area contributed by atoms with Gasteiger partial charge in [-0.15, -0.1) is 5.10 Å². The first-order valence-electron chi connectivity index (χ1n) is 8.82. The minimum absolute atomic E-state index is 0.317. The van der Waals surface area contributed by atoms with Gasteiger partial charge in [0.05, 0.1) is 4.90 Å². The molecule has 0 amide bonds. The third kappa shape index (κ3) is 3.19. The van der Waals surface area contributed by atoms with E-state index in [-0.39, 0.29) is 0 Å². The van der Waals surface area contributed by atoms with Crippen molar-refractivity contribution >= 4 is 21.4 Å². The Hall–Kier alpha value is -2.41. The molecule has 1 aliphatic heterocycles. The normalized spacial score (nSPS) is 18.4. The predicted octanol–water partition coefficient (Wildman–Crippen LogP) is 3.04. The molecule has 1 fully saturated rings. The Labute approximate surface area is 153 Å². The van der Waals surface area contributed by atoms with Crippen molar-refractivity contribution in [2.45, 2.75) is 24.7 Å². The van der Waals surface area contributed by atoms with Gasteiger partial charge in [-0.2, -0.15) is 4.98 Å². The zero-order valence-electron chi connectivity index (χ0n) is 15.0. The van der Waals surface area contributed by atoms with Gasteiger partial charge in [0, 0.05) is 31.1 Å². The van der Waals surface area contributed by atoms with Crippen LogP contribution in [0.25, 0.3) is 16.8 Å². The molecule has 1 aromatic carbocycles. The predicted molar refractivity (Wildman–Crippen MR) is 102 cm³/mol. The molecule has 1 aliphatic rings. The SMILES string of the molecule is CC1CCCN(c2nc3c(-c4ccc(S(C)(=O)=O)cc4)cccn3n2)C1. The molecule has 26 heavy (non-hydrogen) atoms. The van der Waals surface area contributed by atoms with Gasteiger partial charge in [-0.3, -0.25) is 0 Å². The number of fused-ring (bicyclic) bond motifs is 1. The Morgan fingerprint density at radius 1 is 1.15 bits per heavy atom. The van der Waals surface area contributed by atoms with E-state index in [0.29, 0.717) is 10.8 Å². The molecule has 1 saturated heterocycles. The molecular formula is C19H22N4O2S. The van der Waals surface area contributed by atoms with E-state index in [1.165, 1.54) is 12.7 Å². The number of hydrogen-bond donors (Lipinski definition) is 0. The number of benzene rings is 1. The van der Waals surface area contributed by atoms with E-state index in [2.05, 4.69) is 16.9 Å². The quantitative estimate of drug-likeness (QED) is 0.709. The molecule has 1 unspecified atom stereocenters. The van der Waals surface area contributed by atoms with Crippen LogP contribution >= 0.6 is 0 Å². The third-order valence-corrected chi connectivity index (χ3v) is 6.01. The summed E-state index contributed by atoms with van der Waals surface area (Å²) in [4.78, 5) is 7.34. The van der Waals surface area contributed by atoms with E-state index >= 15 is 0 Å². The van der Waals surface area contributed by atoms with Crippen molar-refractivity contribution in [2.24, 2.45) is 5.92 Å². The Balaban J connectivity index is 1.74. The number of pyridine rings is 1. The van der Waals surface area contributed by atoms with Gasteiger partial charge in [0.25, 0.3) is 0 Å². The summed E-state index contributed by atoms with van der Waals surface area (Å²) >= 11 is 0. The summed E-state index contributed by atoms with van der Waals surface area (Å²) in [6, 6.07) is 10.8. The van der Waals surface area contributed by atoms with Crippen LogP contribution in [0, 0.1) is 5.92 Å². The summed E-state index contributed by atoms with van der Waals surface area (Å²) in [5.41, 5.74) is 2.65.